The second-order valence-electron chi connectivity index (χ2n) is 8.60. The molecule has 0 amide bonds. The highest BCUT2D eigenvalue weighted by Gasteiger charge is 2.22. The van der Waals surface area contributed by atoms with Gasteiger partial charge in [-0.05, 0) is 49.8 Å². The largest absolute Gasteiger partial charge is 0.463 e. The van der Waals surface area contributed by atoms with Crippen molar-refractivity contribution in [2.24, 2.45) is 0 Å². The third-order valence-corrected chi connectivity index (χ3v) is 6.20. The highest BCUT2D eigenvalue weighted by atomic mass is 16.5. The van der Waals surface area contributed by atoms with Gasteiger partial charge in [-0.1, -0.05) is 42.0 Å². The van der Waals surface area contributed by atoms with Crippen LogP contribution in [0.3, 0.4) is 0 Å². The smallest absolute Gasteiger partial charge is 0.373 e. The minimum absolute atomic E-state index is 0.0772. The number of furan rings is 1. The number of carbonyl (C=O) groups excluding carboxylic acids is 1. The number of nitrogen functional groups attached to an aromatic ring is 1. The van der Waals surface area contributed by atoms with E-state index in [1.807, 2.05) is 35.2 Å². The number of ether oxygens (including phenoxy) is 1. The van der Waals surface area contributed by atoms with Gasteiger partial charge in [-0.25, -0.2) is 9.59 Å². The lowest BCUT2D eigenvalue weighted by atomic mass is 9.97. The Bertz CT molecular complexity index is 1320. The van der Waals surface area contributed by atoms with E-state index in [0.717, 1.165) is 31.2 Å². The molecule has 0 aliphatic heterocycles. The molecule has 0 bridgehead atoms. The highest BCUT2D eigenvalue weighted by Crippen LogP contribution is 2.25. The molecule has 0 radical (unpaired) electrons. The first-order chi connectivity index (χ1) is 17.0. The number of methoxy groups -OCH3 is 1. The maximum absolute atomic E-state index is 13.0. The van der Waals surface area contributed by atoms with Crippen LogP contribution in [0.25, 0.3) is 0 Å². The number of nitrogens with one attached hydrogen (secondary N) is 1. The fourth-order valence-corrected chi connectivity index (χ4v) is 4.35. The van der Waals surface area contributed by atoms with Gasteiger partial charge < -0.3 is 19.8 Å². The molecule has 1 aliphatic rings. The SMILES string of the molecule is COC(=O)c1ccc(CN(CCC2=CCCCC2)c2c(N)n(Cc3ccccc3)c(=O)[nH]c2=O)o1. The lowest BCUT2D eigenvalue weighted by Gasteiger charge is -2.26. The number of benzene rings is 1. The molecule has 9 nitrogen and oxygen atoms in total. The number of rotatable bonds is 9. The zero-order chi connectivity index (χ0) is 24.8. The van der Waals surface area contributed by atoms with Crippen LogP contribution in [0, 0.1) is 0 Å². The molecule has 0 spiro atoms. The molecule has 9 heteroatoms. The number of nitrogens with zero attached hydrogens (tertiary/aromatic N) is 2. The Morgan fingerprint density at radius 1 is 1.17 bits per heavy atom. The molecular formula is C26H30N4O5. The number of carbonyl (C=O) groups is 1. The fourth-order valence-electron chi connectivity index (χ4n) is 4.35. The van der Waals surface area contributed by atoms with Crippen LogP contribution in [0.2, 0.25) is 0 Å². The van der Waals surface area contributed by atoms with Gasteiger partial charge in [0.05, 0.1) is 20.2 Å². The van der Waals surface area contributed by atoms with Crippen LogP contribution in [0.1, 0.15) is 54.0 Å². The minimum atomic E-state index is -0.580. The van der Waals surface area contributed by atoms with Gasteiger partial charge in [0, 0.05) is 6.54 Å². The van der Waals surface area contributed by atoms with E-state index in [4.69, 9.17) is 14.9 Å². The summed E-state index contributed by atoms with van der Waals surface area (Å²) in [5.41, 5.74) is 7.74. The van der Waals surface area contributed by atoms with E-state index >= 15 is 0 Å². The van der Waals surface area contributed by atoms with Gasteiger partial charge in [0.2, 0.25) is 5.76 Å². The van der Waals surface area contributed by atoms with Gasteiger partial charge in [0.15, 0.2) is 0 Å². The number of hydrogen-bond acceptors (Lipinski definition) is 7. The van der Waals surface area contributed by atoms with Crippen molar-refractivity contribution in [3.8, 4) is 0 Å². The molecule has 35 heavy (non-hydrogen) atoms. The normalized spacial score (nSPS) is 13.3. The van der Waals surface area contributed by atoms with E-state index < -0.39 is 17.2 Å². The average molecular weight is 479 g/mol. The van der Waals surface area contributed by atoms with E-state index in [-0.39, 0.29) is 30.4 Å². The molecule has 4 rings (SSSR count). The van der Waals surface area contributed by atoms with E-state index in [1.54, 1.807) is 6.07 Å². The Labute approximate surface area is 202 Å². The first-order valence-corrected chi connectivity index (χ1v) is 11.7. The number of nitrogens with two attached hydrogens (primary N) is 1. The second-order valence-corrected chi connectivity index (χ2v) is 8.60. The molecule has 0 saturated carbocycles. The molecule has 0 unspecified atom stereocenters. The zero-order valence-corrected chi connectivity index (χ0v) is 19.8. The van der Waals surface area contributed by atoms with Crippen molar-refractivity contribution in [2.75, 3.05) is 24.3 Å². The predicted octanol–water partition coefficient (Wildman–Crippen LogP) is 3.44. The molecular weight excluding hydrogens is 448 g/mol. The number of aromatic nitrogens is 2. The summed E-state index contributed by atoms with van der Waals surface area (Å²) in [5.74, 6) is 0.0555. The molecule has 2 aromatic heterocycles. The van der Waals surface area contributed by atoms with Crippen molar-refractivity contribution in [3.63, 3.8) is 0 Å². The van der Waals surface area contributed by atoms with Crippen LogP contribution in [-0.2, 0) is 17.8 Å². The Morgan fingerprint density at radius 3 is 2.69 bits per heavy atom. The second kappa shape index (κ2) is 10.9. The van der Waals surface area contributed by atoms with Crippen molar-refractivity contribution in [1.82, 2.24) is 9.55 Å². The van der Waals surface area contributed by atoms with Crippen molar-refractivity contribution in [1.29, 1.82) is 0 Å². The van der Waals surface area contributed by atoms with Gasteiger partial charge >= 0.3 is 11.7 Å². The molecule has 3 aromatic rings. The summed E-state index contributed by atoms with van der Waals surface area (Å²) in [5, 5.41) is 0. The quantitative estimate of drug-likeness (QED) is 0.357. The van der Waals surface area contributed by atoms with Crippen LogP contribution < -0.4 is 21.9 Å². The molecule has 184 valence electrons. The standard InChI is InChI=1S/C26H30N4O5/c1-34-25(32)21-13-12-20(35-21)17-29(15-14-18-8-4-2-5-9-18)22-23(27)30(26(33)28-24(22)31)16-19-10-6-3-7-11-19/h3,6-8,10-13H,2,4-5,9,14-17,27H2,1H3,(H,28,31,33). The molecule has 1 aromatic carbocycles. The number of H-pyrrole nitrogens is 1. The minimum Gasteiger partial charge on any atom is -0.463 e. The first kappa shape index (κ1) is 24.1. The van der Waals surface area contributed by atoms with Gasteiger partial charge in [-0.3, -0.25) is 14.3 Å². The van der Waals surface area contributed by atoms with Crippen LogP contribution in [0.4, 0.5) is 11.5 Å². The Hall–Kier alpha value is -4.01. The maximum atomic E-state index is 13.0. The summed E-state index contributed by atoms with van der Waals surface area (Å²) < 4.78 is 11.7. The van der Waals surface area contributed by atoms with Crippen molar-refractivity contribution in [2.45, 2.75) is 45.2 Å². The number of anilines is 2. The maximum Gasteiger partial charge on any atom is 0.373 e. The van der Waals surface area contributed by atoms with Gasteiger partial charge in [0.25, 0.3) is 5.56 Å². The number of aromatic amines is 1. The molecule has 0 atom stereocenters. The number of allylic oxidation sites excluding steroid dienone is 1. The zero-order valence-electron chi connectivity index (χ0n) is 19.8. The highest BCUT2D eigenvalue weighted by molar-refractivity contribution is 5.86. The number of esters is 1. The summed E-state index contributed by atoms with van der Waals surface area (Å²) in [6, 6.07) is 12.6. The van der Waals surface area contributed by atoms with Crippen LogP contribution in [0.15, 0.2) is 68.1 Å². The molecule has 0 saturated heterocycles. The van der Waals surface area contributed by atoms with Crippen molar-refractivity contribution < 1.29 is 13.9 Å². The topological polar surface area (TPSA) is 124 Å². The summed E-state index contributed by atoms with van der Waals surface area (Å²) >= 11 is 0. The first-order valence-electron chi connectivity index (χ1n) is 11.7. The molecule has 2 heterocycles. The Morgan fingerprint density at radius 2 is 1.97 bits per heavy atom. The van der Waals surface area contributed by atoms with Crippen LogP contribution in [0.5, 0.6) is 0 Å². The summed E-state index contributed by atoms with van der Waals surface area (Å²) in [7, 11) is 1.28. The lowest BCUT2D eigenvalue weighted by molar-refractivity contribution is 0.0563. The third kappa shape index (κ3) is 5.74. The predicted molar refractivity (Wildman–Crippen MR) is 134 cm³/mol. The average Bonchev–Trinajstić information content (AvgIpc) is 3.34. The van der Waals surface area contributed by atoms with E-state index in [2.05, 4.69) is 11.1 Å². The molecule has 3 N–H and O–H groups in total. The monoisotopic (exact) mass is 478 g/mol. The summed E-state index contributed by atoms with van der Waals surface area (Å²) in [6.07, 6.45) is 7.43. The molecule has 1 aliphatic carbocycles. The van der Waals surface area contributed by atoms with Gasteiger partial charge in [-0.2, -0.15) is 0 Å². The Balaban J connectivity index is 1.69. The number of hydrogen-bond donors (Lipinski definition) is 2. The molecule has 0 fully saturated rings. The van der Waals surface area contributed by atoms with E-state index in [9.17, 15) is 14.4 Å². The van der Waals surface area contributed by atoms with Gasteiger partial charge in [-0.15, -0.1) is 0 Å². The lowest BCUT2D eigenvalue weighted by Crippen LogP contribution is -2.39. The fraction of sp³-hybridized carbons (Fsp3) is 0.346. The Kier molecular flexibility index (Phi) is 7.54. The summed E-state index contributed by atoms with van der Waals surface area (Å²) in [4.78, 5) is 41.7. The van der Waals surface area contributed by atoms with Crippen LogP contribution in [-0.4, -0.2) is 29.2 Å². The van der Waals surface area contributed by atoms with E-state index in [0.29, 0.717) is 12.3 Å². The summed E-state index contributed by atoms with van der Waals surface area (Å²) in [6.45, 7) is 0.916. The van der Waals surface area contributed by atoms with Gasteiger partial charge in [0.1, 0.15) is 17.3 Å². The van der Waals surface area contributed by atoms with E-state index in [1.165, 1.54) is 29.7 Å². The van der Waals surface area contributed by atoms with Crippen LogP contribution >= 0.6 is 0 Å². The third-order valence-electron chi connectivity index (χ3n) is 6.20. The van der Waals surface area contributed by atoms with Crippen molar-refractivity contribution >= 4 is 17.5 Å². The van der Waals surface area contributed by atoms with Crippen molar-refractivity contribution in [3.05, 3.63) is 92.0 Å².